The molecule has 0 unspecified atom stereocenters. The van der Waals surface area contributed by atoms with Crippen LogP contribution in [0.15, 0.2) is 36.5 Å². The molecule has 0 bridgehead atoms. The summed E-state index contributed by atoms with van der Waals surface area (Å²) < 4.78 is 0. The summed E-state index contributed by atoms with van der Waals surface area (Å²) >= 11 is 0. The van der Waals surface area contributed by atoms with Gasteiger partial charge in [0.2, 0.25) is 5.91 Å². The van der Waals surface area contributed by atoms with E-state index in [0.29, 0.717) is 5.56 Å². The van der Waals surface area contributed by atoms with Crippen LogP contribution in [-0.2, 0) is 10.5 Å². The Morgan fingerprint density at radius 3 is 2.65 bits per heavy atom. The number of nitrogens with zero attached hydrogens (tertiary/aromatic N) is 2. The largest absolute Gasteiger partial charge is 0.315 e. The van der Waals surface area contributed by atoms with Crippen LogP contribution in [0.2, 0.25) is 0 Å². The Morgan fingerprint density at radius 2 is 1.88 bits per heavy atom. The molecule has 0 fully saturated rings. The first-order chi connectivity index (χ1) is 8.06. The summed E-state index contributed by atoms with van der Waals surface area (Å²) in [6.45, 7) is 1.89. The van der Waals surface area contributed by atoms with Gasteiger partial charge in [0.1, 0.15) is 5.66 Å². The highest BCUT2D eigenvalue weighted by Gasteiger charge is 2.50. The molecule has 17 heavy (non-hydrogen) atoms. The number of benzene rings is 1. The summed E-state index contributed by atoms with van der Waals surface area (Å²) in [7, 11) is 1.72. The Labute approximate surface area is 99.1 Å². The maximum absolute atomic E-state index is 12.2. The van der Waals surface area contributed by atoms with Crippen LogP contribution in [-0.4, -0.2) is 28.7 Å². The van der Waals surface area contributed by atoms with Crippen molar-refractivity contribution >= 4 is 11.8 Å². The van der Waals surface area contributed by atoms with E-state index in [9.17, 15) is 9.59 Å². The molecule has 0 radical (unpaired) electrons. The number of carbonyl (C=O) groups is 2. The zero-order valence-electron chi connectivity index (χ0n) is 9.68. The van der Waals surface area contributed by atoms with Crippen molar-refractivity contribution in [1.82, 2.24) is 9.80 Å². The number of carbonyl (C=O) groups excluding carboxylic acids is 2. The lowest BCUT2D eigenvalue weighted by Crippen LogP contribution is -2.54. The molecular weight excluding hydrogens is 216 g/mol. The third-order valence-electron chi connectivity index (χ3n) is 3.71. The molecule has 1 atom stereocenters. The fourth-order valence-electron chi connectivity index (χ4n) is 2.56. The van der Waals surface area contributed by atoms with E-state index in [-0.39, 0.29) is 11.8 Å². The van der Waals surface area contributed by atoms with Crippen molar-refractivity contribution in [3.63, 3.8) is 0 Å². The predicted molar refractivity (Wildman–Crippen MR) is 61.9 cm³/mol. The molecule has 2 heterocycles. The zero-order valence-corrected chi connectivity index (χ0v) is 9.68. The summed E-state index contributed by atoms with van der Waals surface area (Å²) in [5, 5.41) is 0. The smallest absolute Gasteiger partial charge is 0.260 e. The second-order valence-corrected chi connectivity index (χ2v) is 4.45. The van der Waals surface area contributed by atoms with Gasteiger partial charge in [-0.1, -0.05) is 18.2 Å². The second-order valence-electron chi connectivity index (χ2n) is 4.45. The number of rotatable bonds is 0. The highest BCUT2D eigenvalue weighted by Crippen LogP contribution is 2.42. The molecule has 4 nitrogen and oxygen atoms in total. The highest BCUT2D eigenvalue weighted by atomic mass is 16.2. The Kier molecular flexibility index (Phi) is 1.76. The third kappa shape index (κ3) is 1.02. The van der Waals surface area contributed by atoms with E-state index in [1.54, 1.807) is 29.1 Å². The summed E-state index contributed by atoms with van der Waals surface area (Å²) in [6.07, 6.45) is 3.00. The maximum Gasteiger partial charge on any atom is 0.260 e. The summed E-state index contributed by atoms with van der Waals surface area (Å²) in [5.41, 5.74) is 0.853. The molecule has 86 valence electrons. The molecule has 1 aromatic rings. The molecule has 4 heteroatoms. The SMILES string of the molecule is CN1C(=O)C=CN2C(=O)c3ccccc3[C@]12C. The first-order valence-electron chi connectivity index (χ1n) is 5.46. The predicted octanol–water partition coefficient (Wildman–Crippen LogP) is 1.30. The van der Waals surface area contributed by atoms with Crippen LogP contribution < -0.4 is 0 Å². The van der Waals surface area contributed by atoms with Gasteiger partial charge in [-0.05, 0) is 13.0 Å². The lowest BCUT2D eigenvalue weighted by atomic mass is 9.98. The number of fused-ring (bicyclic) bond motifs is 3. The second kappa shape index (κ2) is 2.97. The summed E-state index contributed by atoms with van der Waals surface area (Å²) in [4.78, 5) is 27.2. The monoisotopic (exact) mass is 228 g/mol. The van der Waals surface area contributed by atoms with E-state index < -0.39 is 5.66 Å². The molecule has 0 aliphatic carbocycles. The zero-order chi connectivity index (χ0) is 12.2. The van der Waals surface area contributed by atoms with Crippen molar-refractivity contribution in [3.8, 4) is 0 Å². The number of likely N-dealkylation sites (N-methyl/N-ethyl adjacent to an activating group) is 1. The fourth-order valence-corrected chi connectivity index (χ4v) is 2.56. The molecule has 0 aromatic heterocycles. The van der Waals surface area contributed by atoms with Gasteiger partial charge in [0.15, 0.2) is 0 Å². The topological polar surface area (TPSA) is 40.6 Å². The number of hydrogen-bond donors (Lipinski definition) is 0. The first kappa shape index (κ1) is 10.1. The molecular formula is C13H12N2O2. The van der Waals surface area contributed by atoms with Crippen molar-refractivity contribution in [2.45, 2.75) is 12.6 Å². The van der Waals surface area contributed by atoms with Gasteiger partial charge >= 0.3 is 0 Å². The van der Waals surface area contributed by atoms with E-state index in [1.165, 1.54) is 6.08 Å². The van der Waals surface area contributed by atoms with Gasteiger partial charge < -0.3 is 4.90 Å². The van der Waals surface area contributed by atoms with Crippen LogP contribution in [0.25, 0.3) is 0 Å². The van der Waals surface area contributed by atoms with Gasteiger partial charge in [-0.2, -0.15) is 0 Å². The van der Waals surface area contributed by atoms with E-state index in [1.807, 2.05) is 25.1 Å². The Morgan fingerprint density at radius 1 is 1.18 bits per heavy atom. The average Bonchev–Trinajstić information content (AvgIpc) is 2.57. The Hall–Kier alpha value is -2.10. The highest BCUT2D eigenvalue weighted by molar-refractivity contribution is 6.03. The van der Waals surface area contributed by atoms with Crippen LogP contribution in [0.5, 0.6) is 0 Å². The molecule has 1 aromatic carbocycles. The van der Waals surface area contributed by atoms with Gasteiger partial charge in [-0.25, -0.2) is 0 Å². The molecule has 0 spiro atoms. The van der Waals surface area contributed by atoms with E-state index in [0.717, 1.165) is 5.56 Å². The Balaban J connectivity index is 2.30. The minimum Gasteiger partial charge on any atom is -0.315 e. The fraction of sp³-hybridized carbons (Fsp3) is 0.231. The average molecular weight is 228 g/mol. The van der Waals surface area contributed by atoms with Crippen LogP contribution >= 0.6 is 0 Å². The lowest BCUT2D eigenvalue weighted by molar-refractivity contribution is -0.136. The molecule has 0 saturated heterocycles. The van der Waals surface area contributed by atoms with E-state index in [2.05, 4.69) is 0 Å². The molecule has 3 rings (SSSR count). The van der Waals surface area contributed by atoms with Gasteiger partial charge in [-0.15, -0.1) is 0 Å². The third-order valence-corrected chi connectivity index (χ3v) is 3.71. The van der Waals surface area contributed by atoms with Crippen LogP contribution in [0, 0.1) is 0 Å². The lowest BCUT2D eigenvalue weighted by Gasteiger charge is -2.43. The Bertz CT molecular complexity index is 564. The van der Waals surface area contributed by atoms with Crippen molar-refractivity contribution in [3.05, 3.63) is 47.7 Å². The van der Waals surface area contributed by atoms with Crippen molar-refractivity contribution in [2.24, 2.45) is 0 Å². The normalized spacial score (nSPS) is 26.2. The van der Waals surface area contributed by atoms with Crippen molar-refractivity contribution in [1.29, 1.82) is 0 Å². The van der Waals surface area contributed by atoms with E-state index >= 15 is 0 Å². The van der Waals surface area contributed by atoms with Gasteiger partial charge in [0, 0.05) is 30.5 Å². The summed E-state index contributed by atoms with van der Waals surface area (Å²) in [6, 6.07) is 7.42. The van der Waals surface area contributed by atoms with Crippen LogP contribution in [0.4, 0.5) is 0 Å². The minimum atomic E-state index is -0.695. The van der Waals surface area contributed by atoms with Crippen molar-refractivity contribution in [2.75, 3.05) is 7.05 Å². The standard InChI is InChI=1S/C13H12N2O2/c1-13-10-6-4-3-5-9(10)12(17)15(13)8-7-11(16)14(13)2/h3-8H,1-2H3/t13-/m1/s1. The minimum absolute atomic E-state index is 0.0568. The van der Waals surface area contributed by atoms with Crippen LogP contribution in [0.3, 0.4) is 0 Å². The molecule has 2 aliphatic heterocycles. The molecule has 2 aliphatic rings. The summed E-state index contributed by atoms with van der Waals surface area (Å²) in [5.74, 6) is -0.146. The maximum atomic E-state index is 12.2. The van der Waals surface area contributed by atoms with Crippen LogP contribution in [0.1, 0.15) is 22.8 Å². The number of hydrogen-bond acceptors (Lipinski definition) is 2. The van der Waals surface area contributed by atoms with Crippen molar-refractivity contribution < 1.29 is 9.59 Å². The quantitative estimate of drug-likeness (QED) is 0.671. The number of amides is 2. The van der Waals surface area contributed by atoms with Gasteiger partial charge in [0.25, 0.3) is 5.91 Å². The molecule has 0 saturated carbocycles. The first-order valence-corrected chi connectivity index (χ1v) is 5.46. The van der Waals surface area contributed by atoms with Gasteiger partial charge in [0.05, 0.1) is 0 Å². The molecule has 0 N–H and O–H groups in total. The van der Waals surface area contributed by atoms with Gasteiger partial charge in [-0.3, -0.25) is 14.5 Å². The molecule has 2 amide bonds. The van der Waals surface area contributed by atoms with E-state index in [4.69, 9.17) is 0 Å².